The Balaban J connectivity index is 1.89. The minimum absolute atomic E-state index is 0.239. The van der Waals surface area contributed by atoms with E-state index in [0.717, 1.165) is 15.1 Å². The summed E-state index contributed by atoms with van der Waals surface area (Å²) in [6, 6.07) is 11.4. The highest BCUT2D eigenvalue weighted by molar-refractivity contribution is 7.98. The van der Waals surface area contributed by atoms with Crippen LogP contribution in [0.1, 0.15) is 15.9 Å². The van der Waals surface area contributed by atoms with Crippen LogP contribution in [-0.2, 0) is 0 Å². The van der Waals surface area contributed by atoms with Gasteiger partial charge in [-0.1, -0.05) is 29.0 Å². The lowest BCUT2D eigenvalue weighted by Crippen LogP contribution is -2.12. The molecule has 0 saturated heterocycles. The van der Waals surface area contributed by atoms with Gasteiger partial charge in [0, 0.05) is 4.90 Å². The number of hydrogen-bond acceptors (Lipinski definition) is 4. The number of hydrogen-bond donors (Lipinski definition) is 1. The molecular weight excluding hydrogens is 336 g/mol. The van der Waals surface area contributed by atoms with E-state index in [1.807, 2.05) is 31.4 Å². The van der Waals surface area contributed by atoms with Gasteiger partial charge in [0.1, 0.15) is 0 Å². The molecule has 0 fully saturated rings. The average Bonchev–Trinajstić information content (AvgIpc) is 2.88. The van der Waals surface area contributed by atoms with Crippen LogP contribution in [0.2, 0.25) is 5.02 Å². The van der Waals surface area contributed by atoms with Gasteiger partial charge in [0.2, 0.25) is 0 Å². The summed E-state index contributed by atoms with van der Waals surface area (Å²) >= 11 is 9.15. The van der Waals surface area contributed by atoms with E-state index in [9.17, 15) is 4.79 Å². The number of halogens is 1. The predicted octanol–water partition coefficient (Wildman–Crippen LogP) is 5.23. The second kappa shape index (κ2) is 6.28. The number of anilines is 1. The molecule has 1 N–H and O–H groups in total. The first kappa shape index (κ1) is 15.3. The van der Waals surface area contributed by atoms with Crippen molar-refractivity contribution in [1.82, 2.24) is 4.98 Å². The summed E-state index contributed by atoms with van der Waals surface area (Å²) in [7, 11) is 0. The van der Waals surface area contributed by atoms with E-state index in [1.54, 1.807) is 23.9 Å². The lowest BCUT2D eigenvalue weighted by Gasteiger charge is -2.05. The number of carbonyl (C=O) groups is 1. The first-order valence-corrected chi connectivity index (χ1v) is 9.01. The van der Waals surface area contributed by atoms with Gasteiger partial charge in [0.25, 0.3) is 5.91 Å². The minimum atomic E-state index is -0.239. The fraction of sp³-hybridized carbons (Fsp3) is 0.125. The van der Waals surface area contributed by atoms with E-state index in [4.69, 9.17) is 11.6 Å². The van der Waals surface area contributed by atoms with E-state index in [-0.39, 0.29) is 5.91 Å². The second-order valence-electron chi connectivity index (χ2n) is 4.79. The van der Waals surface area contributed by atoms with Crippen molar-refractivity contribution in [2.24, 2.45) is 0 Å². The molecule has 3 rings (SSSR count). The molecule has 1 heterocycles. The smallest absolute Gasteiger partial charge is 0.258 e. The second-order valence-corrected chi connectivity index (χ2v) is 7.11. The molecule has 0 atom stereocenters. The van der Waals surface area contributed by atoms with Crippen LogP contribution in [0.5, 0.6) is 0 Å². The highest BCUT2D eigenvalue weighted by Gasteiger charge is 2.14. The number of aryl methyl sites for hydroxylation is 1. The SMILES string of the molecule is CSc1ccc(Cl)c(C(=O)Nc2nc3ccc(C)cc3s2)c1. The molecule has 22 heavy (non-hydrogen) atoms. The average molecular weight is 349 g/mol. The molecule has 112 valence electrons. The number of aromatic nitrogens is 1. The fourth-order valence-electron chi connectivity index (χ4n) is 2.06. The zero-order chi connectivity index (χ0) is 15.7. The molecule has 3 nitrogen and oxygen atoms in total. The van der Waals surface area contributed by atoms with Crippen molar-refractivity contribution in [3.63, 3.8) is 0 Å². The number of benzene rings is 2. The zero-order valence-electron chi connectivity index (χ0n) is 12.0. The quantitative estimate of drug-likeness (QED) is 0.659. The van der Waals surface area contributed by atoms with E-state index in [2.05, 4.69) is 16.4 Å². The van der Waals surface area contributed by atoms with E-state index in [1.165, 1.54) is 16.9 Å². The van der Waals surface area contributed by atoms with Gasteiger partial charge in [-0.2, -0.15) is 0 Å². The lowest BCUT2D eigenvalue weighted by molar-refractivity contribution is 0.102. The first-order chi connectivity index (χ1) is 10.6. The number of thiazole rings is 1. The van der Waals surface area contributed by atoms with Crippen molar-refractivity contribution in [3.8, 4) is 0 Å². The van der Waals surface area contributed by atoms with Crippen LogP contribution in [0.4, 0.5) is 5.13 Å². The maximum Gasteiger partial charge on any atom is 0.258 e. The number of nitrogens with zero attached hydrogens (tertiary/aromatic N) is 1. The van der Waals surface area contributed by atoms with E-state index in [0.29, 0.717) is 15.7 Å². The van der Waals surface area contributed by atoms with Crippen LogP contribution in [0.15, 0.2) is 41.3 Å². The molecule has 1 amide bonds. The monoisotopic (exact) mass is 348 g/mol. The number of thioether (sulfide) groups is 1. The third-order valence-corrected chi connectivity index (χ3v) is 5.17. The van der Waals surface area contributed by atoms with Crippen LogP contribution in [0.25, 0.3) is 10.2 Å². The molecule has 0 aliphatic rings. The summed E-state index contributed by atoms with van der Waals surface area (Å²) in [4.78, 5) is 17.8. The number of rotatable bonds is 3. The molecule has 2 aromatic carbocycles. The Morgan fingerprint density at radius 2 is 2.09 bits per heavy atom. The van der Waals surface area contributed by atoms with Crippen molar-refractivity contribution in [2.75, 3.05) is 11.6 Å². The Kier molecular flexibility index (Phi) is 4.38. The molecule has 0 aliphatic heterocycles. The fourth-order valence-corrected chi connectivity index (χ4v) is 3.66. The number of nitrogens with one attached hydrogen (secondary N) is 1. The van der Waals surface area contributed by atoms with Crippen LogP contribution in [0, 0.1) is 6.92 Å². The molecule has 1 aromatic heterocycles. The summed E-state index contributed by atoms with van der Waals surface area (Å²) in [5, 5.41) is 3.85. The molecule has 0 aliphatic carbocycles. The highest BCUT2D eigenvalue weighted by Crippen LogP contribution is 2.28. The molecule has 6 heteroatoms. The van der Waals surface area contributed by atoms with Crippen molar-refractivity contribution in [2.45, 2.75) is 11.8 Å². The summed E-state index contributed by atoms with van der Waals surface area (Å²) in [5.41, 5.74) is 2.52. The Morgan fingerprint density at radius 1 is 1.27 bits per heavy atom. The van der Waals surface area contributed by atoms with Gasteiger partial charge in [-0.25, -0.2) is 4.98 Å². The Morgan fingerprint density at radius 3 is 2.86 bits per heavy atom. The van der Waals surface area contributed by atoms with E-state index < -0.39 is 0 Å². The summed E-state index contributed by atoms with van der Waals surface area (Å²) in [6.45, 7) is 2.03. The maximum atomic E-state index is 12.4. The normalized spacial score (nSPS) is 10.9. The van der Waals surface area contributed by atoms with Gasteiger partial charge in [-0.3, -0.25) is 10.1 Å². The Bertz CT molecular complexity index is 860. The first-order valence-electron chi connectivity index (χ1n) is 6.59. The highest BCUT2D eigenvalue weighted by atomic mass is 35.5. The predicted molar refractivity (Wildman–Crippen MR) is 95.5 cm³/mol. The molecular formula is C16H13ClN2OS2. The third kappa shape index (κ3) is 3.11. The van der Waals surface area contributed by atoms with Crippen molar-refractivity contribution in [3.05, 3.63) is 52.5 Å². The Labute approximate surface area is 141 Å². The maximum absolute atomic E-state index is 12.4. The number of carbonyl (C=O) groups excluding carboxylic acids is 1. The van der Waals surface area contributed by atoms with Gasteiger partial charge in [0.15, 0.2) is 5.13 Å². The molecule has 0 unspecified atom stereocenters. The number of amides is 1. The molecule has 0 bridgehead atoms. The Hall–Kier alpha value is -1.56. The van der Waals surface area contributed by atoms with Crippen LogP contribution < -0.4 is 5.32 Å². The van der Waals surface area contributed by atoms with Crippen LogP contribution in [0.3, 0.4) is 0 Å². The topological polar surface area (TPSA) is 42.0 Å². The molecule has 0 saturated carbocycles. The molecule has 0 spiro atoms. The van der Waals surface area contributed by atoms with Gasteiger partial charge < -0.3 is 0 Å². The minimum Gasteiger partial charge on any atom is -0.298 e. The van der Waals surface area contributed by atoms with Crippen LogP contribution in [-0.4, -0.2) is 17.1 Å². The van der Waals surface area contributed by atoms with Gasteiger partial charge >= 0.3 is 0 Å². The van der Waals surface area contributed by atoms with Crippen molar-refractivity contribution < 1.29 is 4.79 Å². The molecule has 3 aromatic rings. The standard InChI is InChI=1S/C16H13ClN2OS2/c1-9-3-6-13-14(7-9)22-16(18-13)19-15(20)11-8-10(21-2)4-5-12(11)17/h3-8H,1-2H3,(H,18,19,20). The van der Waals surface area contributed by atoms with Crippen molar-refractivity contribution >= 4 is 56.0 Å². The van der Waals surface area contributed by atoms with Crippen LogP contribution >= 0.6 is 34.7 Å². The lowest BCUT2D eigenvalue weighted by atomic mass is 10.2. The third-order valence-electron chi connectivity index (χ3n) is 3.18. The van der Waals surface area contributed by atoms with Gasteiger partial charge in [-0.05, 0) is 49.1 Å². The zero-order valence-corrected chi connectivity index (χ0v) is 14.4. The van der Waals surface area contributed by atoms with Crippen molar-refractivity contribution in [1.29, 1.82) is 0 Å². The van der Waals surface area contributed by atoms with E-state index >= 15 is 0 Å². The summed E-state index contributed by atoms with van der Waals surface area (Å²) in [6.07, 6.45) is 1.96. The largest absolute Gasteiger partial charge is 0.298 e. The van der Waals surface area contributed by atoms with Gasteiger partial charge in [0.05, 0.1) is 20.8 Å². The van der Waals surface area contributed by atoms with Gasteiger partial charge in [-0.15, -0.1) is 11.8 Å². The molecule has 0 radical (unpaired) electrons. The summed E-state index contributed by atoms with van der Waals surface area (Å²) < 4.78 is 1.05. The number of fused-ring (bicyclic) bond motifs is 1. The summed E-state index contributed by atoms with van der Waals surface area (Å²) in [5.74, 6) is -0.239.